The standard InChI is InChI=1S/C26H24ClFN6O/c1-18-7-10-21(28)15-23(18)32-25(30-17-29)33-13-14-34(24(16-33)19-5-3-2-4-6-19)26(35)31-22-11-8-20(27)9-12-22/h2-12,15,24H,13-14,16H2,1H3,(H,30,32)(H,31,35). The molecule has 9 heteroatoms. The Morgan fingerprint density at radius 1 is 1.11 bits per heavy atom. The van der Waals surface area contributed by atoms with Crippen LogP contribution in [0.1, 0.15) is 17.2 Å². The summed E-state index contributed by atoms with van der Waals surface area (Å²) < 4.78 is 13.8. The zero-order valence-electron chi connectivity index (χ0n) is 19.1. The number of nitrogens with one attached hydrogen (secondary N) is 2. The maximum Gasteiger partial charge on any atom is 0.322 e. The van der Waals surface area contributed by atoms with Crippen molar-refractivity contribution in [1.82, 2.24) is 15.1 Å². The molecule has 0 bridgehead atoms. The topological polar surface area (TPSA) is 83.8 Å². The number of piperazine rings is 1. The maximum atomic E-state index is 13.8. The van der Waals surface area contributed by atoms with Gasteiger partial charge in [-0.15, -0.1) is 0 Å². The summed E-state index contributed by atoms with van der Waals surface area (Å²) in [6.07, 6.45) is 1.93. The van der Waals surface area contributed by atoms with Crippen molar-refractivity contribution in [3.8, 4) is 6.19 Å². The van der Waals surface area contributed by atoms with E-state index in [-0.39, 0.29) is 12.1 Å². The van der Waals surface area contributed by atoms with Crippen molar-refractivity contribution >= 4 is 35.0 Å². The maximum absolute atomic E-state index is 13.8. The fourth-order valence-corrected chi connectivity index (χ4v) is 4.08. The molecule has 7 nitrogen and oxygen atoms in total. The molecule has 0 radical (unpaired) electrons. The van der Waals surface area contributed by atoms with Crippen molar-refractivity contribution in [2.24, 2.45) is 4.99 Å². The third-order valence-corrected chi connectivity index (χ3v) is 6.04. The molecule has 2 N–H and O–H groups in total. The number of anilines is 1. The van der Waals surface area contributed by atoms with Crippen molar-refractivity contribution in [2.45, 2.75) is 13.0 Å². The summed E-state index contributed by atoms with van der Waals surface area (Å²) >= 11 is 5.96. The summed E-state index contributed by atoms with van der Waals surface area (Å²) in [5.41, 5.74) is 2.80. The first-order chi connectivity index (χ1) is 16.9. The molecule has 2 amide bonds. The number of rotatable bonds is 3. The van der Waals surface area contributed by atoms with E-state index in [0.29, 0.717) is 42.0 Å². The second-order valence-electron chi connectivity index (χ2n) is 8.11. The Labute approximate surface area is 208 Å². The summed E-state index contributed by atoms with van der Waals surface area (Å²) in [6, 6.07) is 20.4. The van der Waals surface area contributed by atoms with E-state index in [1.54, 1.807) is 35.2 Å². The molecule has 1 heterocycles. The van der Waals surface area contributed by atoms with E-state index in [0.717, 1.165) is 11.1 Å². The highest BCUT2D eigenvalue weighted by molar-refractivity contribution is 6.30. The second-order valence-corrected chi connectivity index (χ2v) is 8.54. The van der Waals surface area contributed by atoms with E-state index in [1.165, 1.54) is 12.1 Å². The molecule has 1 fully saturated rings. The summed E-state index contributed by atoms with van der Waals surface area (Å²) in [7, 11) is 0. The minimum absolute atomic E-state index is 0.242. The number of nitrogens with zero attached hydrogens (tertiary/aromatic N) is 4. The van der Waals surface area contributed by atoms with E-state index in [2.05, 4.69) is 15.6 Å². The lowest BCUT2D eigenvalue weighted by molar-refractivity contribution is 0.135. The van der Waals surface area contributed by atoms with Gasteiger partial charge < -0.3 is 15.1 Å². The minimum atomic E-state index is -0.406. The molecule has 35 heavy (non-hydrogen) atoms. The normalized spacial score (nSPS) is 15.9. The van der Waals surface area contributed by atoms with Gasteiger partial charge >= 0.3 is 6.03 Å². The highest BCUT2D eigenvalue weighted by atomic mass is 35.5. The quantitative estimate of drug-likeness (QED) is 0.222. The fourth-order valence-electron chi connectivity index (χ4n) is 3.95. The van der Waals surface area contributed by atoms with E-state index >= 15 is 0 Å². The Balaban J connectivity index is 1.62. The number of halogens is 2. The van der Waals surface area contributed by atoms with Crippen LogP contribution in [0.3, 0.4) is 0 Å². The Bertz CT molecular complexity index is 1260. The molecule has 1 aliphatic heterocycles. The predicted octanol–water partition coefficient (Wildman–Crippen LogP) is 5.44. The lowest BCUT2D eigenvalue weighted by atomic mass is 10.0. The zero-order chi connectivity index (χ0) is 24.8. The smallest absolute Gasteiger partial charge is 0.322 e. The van der Waals surface area contributed by atoms with Crippen LogP contribution in [-0.4, -0.2) is 41.4 Å². The van der Waals surface area contributed by atoms with Crippen LogP contribution in [0.4, 0.5) is 20.6 Å². The number of carbonyl (C=O) groups excluding carboxylic acids is 1. The third-order valence-electron chi connectivity index (χ3n) is 5.79. The number of amides is 2. The molecule has 0 aromatic heterocycles. The molecule has 1 aliphatic rings. The molecule has 0 spiro atoms. The van der Waals surface area contributed by atoms with Crippen LogP contribution in [0.25, 0.3) is 0 Å². The van der Waals surface area contributed by atoms with Crippen molar-refractivity contribution in [1.29, 1.82) is 5.26 Å². The second kappa shape index (κ2) is 10.9. The molecule has 1 unspecified atom stereocenters. The van der Waals surface area contributed by atoms with Gasteiger partial charge in [-0.05, 0) is 54.4 Å². The first-order valence-electron chi connectivity index (χ1n) is 11.1. The summed E-state index contributed by atoms with van der Waals surface area (Å²) in [5, 5.41) is 15.5. The van der Waals surface area contributed by atoms with Crippen molar-refractivity contribution in [3.63, 3.8) is 0 Å². The van der Waals surface area contributed by atoms with Gasteiger partial charge in [0.05, 0.1) is 11.7 Å². The van der Waals surface area contributed by atoms with Gasteiger partial charge in [-0.1, -0.05) is 48.0 Å². The number of hydrogen-bond acceptors (Lipinski definition) is 3. The SMILES string of the molecule is Cc1ccc(F)cc1N=C(NC#N)N1CCN(C(=O)Nc2ccc(Cl)cc2)C(c2ccccc2)C1. The summed E-state index contributed by atoms with van der Waals surface area (Å²) in [4.78, 5) is 21.4. The van der Waals surface area contributed by atoms with Crippen LogP contribution in [0.15, 0.2) is 77.8 Å². The number of carbonyl (C=O) groups is 1. The van der Waals surface area contributed by atoms with Gasteiger partial charge in [-0.2, -0.15) is 5.26 Å². The highest BCUT2D eigenvalue weighted by Gasteiger charge is 2.33. The molecule has 3 aromatic carbocycles. The largest absolute Gasteiger partial charge is 0.338 e. The van der Waals surface area contributed by atoms with Gasteiger partial charge in [0.25, 0.3) is 0 Å². The lowest BCUT2D eigenvalue weighted by Gasteiger charge is -2.42. The number of aliphatic imine (C=N–C) groups is 1. The van der Waals surface area contributed by atoms with Gasteiger partial charge in [-0.3, -0.25) is 5.32 Å². The number of guanidine groups is 1. The van der Waals surface area contributed by atoms with Crippen molar-refractivity contribution in [2.75, 3.05) is 25.0 Å². The Kier molecular flexibility index (Phi) is 7.48. The zero-order valence-corrected chi connectivity index (χ0v) is 19.8. The Hall–Kier alpha value is -4.09. The van der Waals surface area contributed by atoms with Gasteiger partial charge in [-0.25, -0.2) is 14.2 Å². The average Bonchev–Trinajstić information content (AvgIpc) is 2.87. The molecule has 0 aliphatic carbocycles. The number of benzene rings is 3. The van der Waals surface area contributed by atoms with Gasteiger partial charge in [0.1, 0.15) is 5.82 Å². The highest BCUT2D eigenvalue weighted by Crippen LogP contribution is 2.28. The lowest BCUT2D eigenvalue weighted by Crippen LogP contribution is -2.55. The number of aryl methyl sites for hydroxylation is 1. The molecule has 4 rings (SSSR count). The van der Waals surface area contributed by atoms with Crippen LogP contribution >= 0.6 is 11.6 Å². The first kappa shape index (κ1) is 24.0. The van der Waals surface area contributed by atoms with E-state index in [1.807, 2.05) is 48.3 Å². The molecular formula is C26H24ClFN6O. The van der Waals surface area contributed by atoms with E-state index < -0.39 is 5.82 Å². The van der Waals surface area contributed by atoms with E-state index in [4.69, 9.17) is 11.6 Å². The van der Waals surface area contributed by atoms with E-state index in [9.17, 15) is 14.4 Å². The summed E-state index contributed by atoms with van der Waals surface area (Å²) in [6.45, 7) is 3.03. The summed E-state index contributed by atoms with van der Waals surface area (Å²) in [5.74, 6) is -0.101. The molecular weight excluding hydrogens is 467 g/mol. The van der Waals surface area contributed by atoms with Crippen LogP contribution in [-0.2, 0) is 0 Å². The van der Waals surface area contributed by atoms with Crippen LogP contribution in [0.2, 0.25) is 5.02 Å². The molecule has 1 atom stereocenters. The third kappa shape index (κ3) is 5.89. The fraction of sp³-hybridized carbons (Fsp3) is 0.192. The average molecular weight is 491 g/mol. The number of urea groups is 1. The Morgan fingerprint density at radius 2 is 1.86 bits per heavy atom. The monoisotopic (exact) mass is 490 g/mol. The number of nitriles is 1. The van der Waals surface area contributed by atoms with Crippen LogP contribution in [0.5, 0.6) is 0 Å². The minimum Gasteiger partial charge on any atom is -0.338 e. The van der Waals surface area contributed by atoms with Crippen molar-refractivity contribution in [3.05, 3.63) is 94.8 Å². The van der Waals surface area contributed by atoms with Gasteiger partial charge in [0.2, 0.25) is 5.96 Å². The van der Waals surface area contributed by atoms with Crippen LogP contribution in [0, 0.1) is 24.2 Å². The van der Waals surface area contributed by atoms with Gasteiger partial charge in [0, 0.05) is 30.3 Å². The first-order valence-corrected chi connectivity index (χ1v) is 11.5. The number of hydrogen-bond donors (Lipinski definition) is 2. The molecule has 0 saturated carbocycles. The Morgan fingerprint density at radius 3 is 2.57 bits per heavy atom. The van der Waals surface area contributed by atoms with Gasteiger partial charge in [0.15, 0.2) is 6.19 Å². The van der Waals surface area contributed by atoms with Crippen molar-refractivity contribution < 1.29 is 9.18 Å². The molecule has 3 aromatic rings. The molecule has 1 saturated heterocycles. The predicted molar refractivity (Wildman–Crippen MR) is 135 cm³/mol. The van der Waals surface area contributed by atoms with Crippen LogP contribution < -0.4 is 10.6 Å². The molecule has 178 valence electrons.